The molecule has 1 amide bonds. The molecule has 2 aliphatic heterocycles. The molecule has 2 heterocycles. The second-order valence-electron chi connectivity index (χ2n) is 9.07. The van der Waals surface area contributed by atoms with Gasteiger partial charge in [-0.1, -0.05) is 51.1 Å². The van der Waals surface area contributed by atoms with Crippen LogP contribution < -0.4 is 0 Å². The van der Waals surface area contributed by atoms with Crippen molar-refractivity contribution in [2.24, 2.45) is 5.41 Å². The molecule has 0 radical (unpaired) electrons. The number of Topliss-reactive ketones (excluding diaryl/α,β-unsaturated/α-hetero) is 2. The number of rotatable bonds is 7. The smallest absolute Gasteiger partial charge is 0.307 e. The van der Waals surface area contributed by atoms with Gasteiger partial charge < -0.3 is 9.47 Å². The summed E-state index contributed by atoms with van der Waals surface area (Å²) in [6, 6.07) is 8.37. The first-order valence-electron chi connectivity index (χ1n) is 10.4. The maximum absolute atomic E-state index is 13.2. The molecule has 33 heavy (non-hydrogen) atoms. The van der Waals surface area contributed by atoms with Crippen molar-refractivity contribution in [3.05, 3.63) is 47.2 Å². The fourth-order valence-corrected chi connectivity index (χ4v) is 6.02. The fourth-order valence-electron chi connectivity index (χ4n) is 3.85. The molecule has 0 spiro atoms. The molecular weight excluding hydrogens is 450 g/mol. The molecule has 1 fully saturated rings. The molecule has 9 nitrogen and oxygen atoms in total. The Bertz CT molecular complexity index is 1130. The van der Waals surface area contributed by atoms with Gasteiger partial charge in [-0.2, -0.15) is 0 Å². The summed E-state index contributed by atoms with van der Waals surface area (Å²) in [7, 11) is -3.07. The van der Waals surface area contributed by atoms with E-state index in [9.17, 15) is 27.6 Å². The molecule has 10 heteroatoms. The van der Waals surface area contributed by atoms with Gasteiger partial charge in [0.25, 0.3) is 5.91 Å². The summed E-state index contributed by atoms with van der Waals surface area (Å²) < 4.78 is 36.8. The first kappa shape index (κ1) is 24.8. The number of benzene rings is 1. The van der Waals surface area contributed by atoms with Gasteiger partial charge in [-0.3, -0.25) is 24.1 Å². The molecule has 1 aromatic carbocycles. The average Bonchev–Trinajstić information content (AvgIpc) is 2.75. The Morgan fingerprint density at radius 2 is 1.67 bits per heavy atom. The van der Waals surface area contributed by atoms with Crippen LogP contribution in [0.3, 0.4) is 0 Å². The number of hydrogen-bond donors (Lipinski definition) is 0. The van der Waals surface area contributed by atoms with Crippen molar-refractivity contribution in [2.45, 2.75) is 57.5 Å². The van der Waals surface area contributed by atoms with E-state index in [1.54, 1.807) is 51.1 Å². The van der Waals surface area contributed by atoms with Gasteiger partial charge in [-0.15, -0.1) is 0 Å². The van der Waals surface area contributed by atoms with Crippen LogP contribution in [0, 0.1) is 5.41 Å². The molecular formula is C23H27NO8S. The highest BCUT2D eigenvalue weighted by Crippen LogP contribution is 2.43. The number of amides is 1. The number of hydrogen-bond acceptors (Lipinski definition) is 8. The summed E-state index contributed by atoms with van der Waals surface area (Å²) in [6.45, 7) is 6.28. The van der Waals surface area contributed by atoms with Crippen molar-refractivity contribution in [2.75, 3.05) is 7.11 Å². The lowest BCUT2D eigenvalue weighted by atomic mass is 9.85. The molecule has 2 aliphatic rings. The maximum Gasteiger partial charge on any atom is 0.307 e. The van der Waals surface area contributed by atoms with E-state index >= 15 is 0 Å². The zero-order chi connectivity index (χ0) is 24.7. The number of esters is 1. The number of nitrogens with zero attached hydrogens (tertiary/aromatic N) is 1. The number of ether oxygens (including phenoxy) is 2. The van der Waals surface area contributed by atoms with E-state index in [0.29, 0.717) is 5.56 Å². The van der Waals surface area contributed by atoms with Gasteiger partial charge in [0.2, 0.25) is 15.3 Å². The predicted molar refractivity (Wildman–Crippen MR) is 117 cm³/mol. The molecule has 0 aliphatic carbocycles. The Kier molecular flexibility index (Phi) is 6.63. The van der Waals surface area contributed by atoms with Crippen LogP contribution in [0.25, 0.3) is 0 Å². The first-order chi connectivity index (χ1) is 15.3. The number of carbonyl (C=O) groups is 4. The zero-order valence-corrected chi connectivity index (χ0v) is 20.0. The number of fused-ring (bicyclic) bond motifs is 1. The average molecular weight is 478 g/mol. The van der Waals surface area contributed by atoms with Crippen molar-refractivity contribution in [3.8, 4) is 0 Å². The number of carbonyl (C=O) groups excluding carboxylic acids is 4. The third-order valence-corrected chi connectivity index (χ3v) is 7.82. The molecule has 0 saturated carbocycles. The van der Waals surface area contributed by atoms with Gasteiger partial charge >= 0.3 is 5.97 Å². The van der Waals surface area contributed by atoms with E-state index in [1.165, 1.54) is 14.0 Å². The Hall–Kier alpha value is -2.85. The monoisotopic (exact) mass is 477 g/mol. The van der Waals surface area contributed by atoms with Crippen molar-refractivity contribution in [1.29, 1.82) is 0 Å². The van der Waals surface area contributed by atoms with Gasteiger partial charge in [0.1, 0.15) is 0 Å². The van der Waals surface area contributed by atoms with Crippen molar-refractivity contribution in [1.82, 2.24) is 4.90 Å². The highest BCUT2D eigenvalue weighted by atomic mass is 32.2. The topological polar surface area (TPSA) is 124 Å². The van der Waals surface area contributed by atoms with Crippen LogP contribution >= 0.6 is 0 Å². The van der Waals surface area contributed by atoms with Crippen LogP contribution in [-0.2, 0) is 33.7 Å². The van der Waals surface area contributed by atoms with Crippen LogP contribution in [0.15, 0.2) is 41.6 Å². The highest BCUT2D eigenvalue weighted by Gasteiger charge is 2.64. The third-order valence-electron chi connectivity index (χ3n) is 5.64. The molecule has 1 saturated heterocycles. The molecule has 1 unspecified atom stereocenters. The minimum atomic E-state index is -4.26. The van der Waals surface area contributed by atoms with Crippen molar-refractivity contribution < 1.29 is 37.1 Å². The van der Waals surface area contributed by atoms with E-state index < -0.39 is 49.8 Å². The largest absolute Gasteiger partial charge is 0.441 e. The highest BCUT2D eigenvalue weighted by molar-refractivity contribution is 7.93. The van der Waals surface area contributed by atoms with Crippen LogP contribution in [-0.4, -0.2) is 60.8 Å². The van der Waals surface area contributed by atoms with Gasteiger partial charge in [0.05, 0.1) is 12.1 Å². The van der Waals surface area contributed by atoms with Crippen molar-refractivity contribution in [3.63, 3.8) is 0 Å². The minimum Gasteiger partial charge on any atom is -0.441 e. The number of ketones is 2. The van der Waals surface area contributed by atoms with E-state index in [0.717, 1.165) is 4.90 Å². The lowest BCUT2D eigenvalue weighted by Gasteiger charge is -2.50. The van der Waals surface area contributed by atoms with E-state index in [1.807, 2.05) is 0 Å². The molecule has 0 aromatic heterocycles. The van der Waals surface area contributed by atoms with Gasteiger partial charge in [0, 0.05) is 30.1 Å². The van der Waals surface area contributed by atoms with Crippen molar-refractivity contribution >= 4 is 33.3 Å². The Morgan fingerprint density at radius 1 is 1.06 bits per heavy atom. The van der Waals surface area contributed by atoms with Crippen LogP contribution in [0.2, 0.25) is 0 Å². The molecule has 0 bridgehead atoms. The molecule has 3 rings (SSSR count). The fraction of sp³-hybridized carbons (Fsp3) is 0.478. The lowest BCUT2D eigenvalue weighted by molar-refractivity contribution is -0.162. The SMILES string of the molecule is CO[C@H]1C(=O)N2C(C(=O)C(C)(C)C)=C(C)C(OC(=O)CCC(=O)c3ccccc3)S(=O)(=O)[C@H]12. The zero-order valence-electron chi connectivity index (χ0n) is 19.2. The predicted octanol–water partition coefficient (Wildman–Crippen LogP) is 2.02. The minimum absolute atomic E-state index is 0.0446. The number of sulfone groups is 1. The normalized spacial score (nSPS) is 24.1. The van der Waals surface area contributed by atoms with Gasteiger partial charge in [-0.25, -0.2) is 8.42 Å². The summed E-state index contributed by atoms with van der Waals surface area (Å²) in [4.78, 5) is 51.4. The second-order valence-corrected chi connectivity index (χ2v) is 11.2. The molecule has 0 N–H and O–H groups in total. The summed E-state index contributed by atoms with van der Waals surface area (Å²) in [5, 5.41) is -1.47. The number of β-lactam (4-membered cyclic amide) rings is 1. The molecule has 1 aromatic rings. The maximum atomic E-state index is 13.2. The Morgan fingerprint density at radius 3 is 2.21 bits per heavy atom. The summed E-state index contributed by atoms with van der Waals surface area (Å²) in [5.74, 6) is -2.28. The number of methoxy groups -OCH3 is 1. The van der Waals surface area contributed by atoms with E-state index in [2.05, 4.69) is 0 Å². The van der Waals surface area contributed by atoms with Crippen LogP contribution in [0.5, 0.6) is 0 Å². The first-order valence-corrected chi connectivity index (χ1v) is 12.0. The Balaban J connectivity index is 1.89. The Labute approximate surface area is 192 Å². The van der Waals surface area contributed by atoms with E-state index in [-0.39, 0.29) is 29.9 Å². The van der Waals surface area contributed by atoms with E-state index in [4.69, 9.17) is 9.47 Å². The molecule has 178 valence electrons. The summed E-state index contributed by atoms with van der Waals surface area (Å²) in [5.41, 5.74) is -2.39. The quantitative estimate of drug-likeness (QED) is 0.332. The lowest BCUT2D eigenvalue weighted by Crippen LogP contribution is -2.72. The van der Waals surface area contributed by atoms with Gasteiger partial charge in [0.15, 0.2) is 23.0 Å². The third kappa shape index (κ3) is 4.37. The van der Waals surface area contributed by atoms with Crippen LogP contribution in [0.1, 0.15) is 50.9 Å². The molecule has 3 atom stereocenters. The van der Waals surface area contributed by atoms with Crippen LogP contribution in [0.4, 0.5) is 0 Å². The number of allylic oxidation sites excluding steroid dienone is 1. The summed E-state index contributed by atoms with van der Waals surface area (Å²) in [6.07, 6.45) is -1.80. The second kappa shape index (κ2) is 8.83. The van der Waals surface area contributed by atoms with Gasteiger partial charge in [-0.05, 0) is 6.92 Å². The standard InChI is InChI=1S/C23H27NO8S/c1-13-17(19(27)23(2,3)4)24-20(28)18(31-5)21(24)33(29,30)22(13)32-16(26)12-11-15(25)14-9-7-6-8-10-14/h6-10,18,21-22H,11-12H2,1-5H3/t18-,21+,22?/m0/s1. The summed E-state index contributed by atoms with van der Waals surface area (Å²) >= 11 is 0.